The fraction of sp³-hybridized carbons (Fsp3) is 0.353. The monoisotopic (exact) mass is 340 g/mol. The van der Waals surface area contributed by atoms with E-state index in [0.29, 0.717) is 5.69 Å². The summed E-state index contributed by atoms with van der Waals surface area (Å²) >= 11 is 0. The number of hydrogen-bond donors (Lipinski definition) is 2. The molecule has 2 heterocycles. The third kappa shape index (κ3) is 3.63. The molecular weight excluding hydrogens is 320 g/mol. The molecule has 8 heteroatoms. The molecule has 2 aromatic rings. The van der Waals surface area contributed by atoms with Crippen LogP contribution in [0.25, 0.3) is 11.3 Å². The number of ether oxygens (including phenoxy) is 2. The molecule has 4 N–H and O–H groups in total. The molecule has 0 aliphatic carbocycles. The molecule has 0 amide bonds. The van der Waals surface area contributed by atoms with E-state index in [1.165, 1.54) is 0 Å². The highest BCUT2D eigenvalue weighted by atomic mass is 16.5. The molecule has 0 unspecified atom stereocenters. The topological polar surface area (TPSA) is 123 Å². The van der Waals surface area contributed by atoms with Crippen LogP contribution in [0.4, 0.5) is 11.8 Å². The van der Waals surface area contributed by atoms with Gasteiger partial charge < -0.3 is 20.9 Å². The van der Waals surface area contributed by atoms with Gasteiger partial charge in [0.2, 0.25) is 5.95 Å². The Balaban J connectivity index is 2.01. The first-order valence-electron chi connectivity index (χ1n) is 7.93. The normalized spacial score (nSPS) is 14.9. The van der Waals surface area contributed by atoms with E-state index in [4.69, 9.17) is 20.9 Å². The fourth-order valence-corrected chi connectivity index (χ4v) is 2.86. The minimum Gasteiger partial charge on any atom is -0.496 e. The van der Waals surface area contributed by atoms with Gasteiger partial charge in [0.1, 0.15) is 23.2 Å². The summed E-state index contributed by atoms with van der Waals surface area (Å²) in [4.78, 5) is 10.4. The lowest BCUT2D eigenvalue weighted by molar-refractivity contribution is 0.0339. The van der Waals surface area contributed by atoms with Gasteiger partial charge in [-0.15, -0.1) is 0 Å². The Hall–Kier alpha value is -2.89. The Bertz CT molecular complexity index is 812. The van der Waals surface area contributed by atoms with Crippen LogP contribution < -0.4 is 16.2 Å². The van der Waals surface area contributed by atoms with Crippen molar-refractivity contribution in [2.45, 2.75) is 6.54 Å². The maximum absolute atomic E-state index is 9.38. The van der Waals surface area contributed by atoms with Crippen molar-refractivity contribution >= 4 is 11.8 Å². The number of hydrogen-bond acceptors (Lipinski definition) is 8. The summed E-state index contributed by atoms with van der Waals surface area (Å²) in [6.07, 6.45) is 0. The second-order valence-electron chi connectivity index (χ2n) is 5.72. The molecule has 3 rings (SSSR count). The minimum absolute atomic E-state index is 0.0389. The molecular formula is C17H20N6O2. The molecule has 130 valence electrons. The van der Waals surface area contributed by atoms with Crippen LogP contribution in [0.2, 0.25) is 0 Å². The Kier molecular flexibility index (Phi) is 4.97. The predicted molar refractivity (Wildman–Crippen MR) is 93.7 cm³/mol. The van der Waals surface area contributed by atoms with Crippen molar-refractivity contribution < 1.29 is 9.47 Å². The molecule has 0 bridgehead atoms. The van der Waals surface area contributed by atoms with Gasteiger partial charge in [0.05, 0.1) is 26.0 Å². The third-order valence-corrected chi connectivity index (χ3v) is 4.12. The standard InChI is InChI=1S/C17H20N6O2/c1-24-14-3-2-11(8-12(14)10-23-4-6-25-7-5-23)15-13(9-18)16(19)22-17(20)21-15/h2-3,8H,4-7,10H2,1H3,(H4,19,20,21,22). The highest BCUT2D eigenvalue weighted by molar-refractivity contribution is 5.74. The van der Waals surface area contributed by atoms with Crippen LogP contribution in [0.3, 0.4) is 0 Å². The van der Waals surface area contributed by atoms with Crippen LogP contribution in [0.1, 0.15) is 11.1 Å². The van der Waals surface area contributed by atoms with Crippen molar-refractivity contribution in [1.29, 1.82) is 5.26 Å². The summed E-state index contributed by atoms with van der Waals surface area (Å²) < 4.78 is 10.9. The average Bonchev–Trinajstić information content (AvgIpc) is 2.62. The maximum atomic E-state index is 9.38. The van der Waals surface area contributed by atoms with Gasteiger partial charge >= 0.3 is 0 Å². The third-order valence-electron chi connectivity index (χ3n) is 4.12. The second-order valence-corrected chi connectivity index (χ2v) is 5.72. The SMILES string of the molecule is COc1ccc(-c2nc(N)nc(N)c2C#N)cc1CN1CCOCC1. The Morgan fingerprint density at radius 3 is 2.72 bits per heavy atom. The van der Waals surface area contributed by atoms with Crippen LogP contribution in [0.15, 0.2) is 18.2 Å². The maximum Gasteiger partial charge on any atom is 0.222 e. The van der Waals surface area contributed by atoms with Gasteiger partial charge in [0, 0.05) is 30.8 Å². The lowest BCUT2D eigenvalue weighted by atomic mass is 10.0. The molecule has 0 saturated carbocycles. The quantitative estimate of drug-likeness (QED) is 0.845. The van der Waals surface area contributed by atoms with Crippen molar-refractivity contribution in [3.8, 4) is 23.1 Å². The van der Waals surface area contributed by atoms with Gasteiger partial charge in [-0.2, -0.15) is 10.2 Å². The number of nitriles is 1. The van der Waals surface area contributed by atoms with Crippen molar-refractivity contribution in [3.05, 3.63) is 29.3 Å². The Morgan fingerprint density at radius 2 is 2.04 bits per heavy atom. The number of rotatable bonds is 4. The van der Waals surface area contributed by atoms with Crippen molar-refractivity contribution in [2.24, 2.45) is 0 Å². The summed E-state index contributed by atoms with van der Waals surface area (Å²) in [6.45, 7) is 3.89. The minimum atomic E-state index is 0.0389. The Labute approximate surface area is 146 Å². The number of morpholine rings is 1. The van der Waals surface area contributed by atoms with Crippen molar-refractivity contribution in [1.82, 2.24) is 14.9 Å². The van der Waals surface area contributed by atoms with E-state index < -0.39 is 0 Å². The van der Waals surface area contributed by atoms with E-state index in [9.17, 15) is 5.26 Å². The van der Waals surface area contributed by atoms with Crippen LogP contribution in [0.5, 0.6) is 5.75 Å². The first-order valence-corrected chi connectivity index (χ1v) is 7.93. The number of nitrogens with two attached hydrogens (primary N) is 2. The number of anilines is 2. The van der Waals surface area contributed by atoms with E-state index in [1.807, 2.05) is 18.2 Å². The number of nitrogen functional groups attached to an aromatic ring is 2. The van der Waals surface area contributed by atoms with Crippen LogP contribution in [-0.4, -0.2) is 48.3 Å². The van der Waals surface area contributed by atoms with Crippen molar-refractivity contribution in [2.75, 3.05) is 44.9 Å². The molecule has 1 aliphatic heterocycles. The lowest BCUT2D eigenvalue weighted by Crippen LogP contribution is -2.35. The highest BCUT2D eigenvalue weighted by Crippen LogP contribution is 2.30. The van der Waals surface area contributed by atoms with Gasteiger partial charge in [0.15, 0.2) is 0 Å². The zero-order valence-electron chi connectivity index (χ0n) is 14.0. The van der Waals surface area contributed by atoms with Crippen LogP contribution in [0, 0.1) is 11.3 Å². The number of benzene rings is 1. The van der Waals surface area contributed by atoms with Crippen LogP contribution >= 0.6 is 0 Å². The second kappa shape index (κ2) is 7.34. The van der Waals surface area contributed by atoms with Gasteiger partial charge in [0.25, 0.3) is 0 Å². The zero-order valence-corrected chi connectivity index (χ0v) is 14.0. The summed E-state index contributed by atoms with van der Waals surface area (Å²) in [5.74, 6) is 0.899. The molecule has 1 saturated heterocycles. The molecule has 1 aromatic carbocycles. The largest absolute Gasteiger partial charge is 0.496 e. The van der Waals surface area contributed by atoms with Gasteiger partial charge in [-0.05, 0) is 18.2 Å². The van der Waals surface area contributed by atoms with E-state index in [1.54, 1.807) is 7.11 Å². The molecule has 1 fully saturated rings. The zero-order chi connectivity index (χ0) is 17.8. The molecule has 1 aromatic heterocycles. The molecule has 25 heavy (non-hydrogen) atoms. The van der Waals surface area contributed by atoms with Crippen LogP contribution in [-0.2, 0) is 11.3 Å². The van der Waals surface area contributed by atoms with E-state index in [0.717, 1.165) is 49.7 Å². The van der Waals surface area contributed by atoms with E-state index >= 15 is 0 Å². The fourth-order valence-electron chi connectivity index (χ4n) is 2.86. The molecule has 0 spiro atoms. The van der Waals surface area contributed by atoms with Gasteiger partial charge in [-0.1, -0.05) is 0 Å². The van der Waals surface area contributed by atoms with E-state index in [2.05, 4.69) is 20.9 Å². The summed E-state index contributed by atoms with van der Waals surface area (Å²) in [5, 5.41) is 9.38. The molecule has 1 aliphatic rings. The molecule has 0 radical (unpaired) electrons. The van der Waals surface area contributed by atoms with Crippen molar-refractivity contribution in [3.63, 3.8) is 0 Å². The smallest absolute Gasteiger partial charge is 0.222 e. The first-order chi connectivity index (χ1) is 12.1. The van der Waals surface area contributed by atoms with E-state index in [-0.39, 0.29) is 17.3 Å². The summed E-state index contributed by atoms with van der Waals surface area (Å²) in [5.41, 5.74) is 13.9. The lowest BCUT2D eigenvalue weighted by Gasteiger charge is -2.27. The van der Waals surface area contributed by atoms with Gasteiger partial charge in [-0.3, -0.25) is 4.90 Å². The molecule has 8 nitrogen and oxygen atoms in total. The average molecular weight is 340 g/mol. The number of nitrogens with zero attached hydrogens (tertiary/aromatic N) is 4. The number of methoxy groups -OCH3 is 1. The van der Waals surface area contributed by atoms with Gasteiger partial charge in [-0.25, -0.2) is 4.98 Å². The summed E-state index contributed by atoms with van der Waals surface area (Å²) in [6, 6.07) is 7.71. The molecule has 0 atom stereocenters. The number of aromatic nitrogens is 2. The summed E-state index contributed by atoms with van der Waals surface area (Å²) in [7, 11) is 1.64. The highest BCUT2D eigenvalue weighted by Gasteiger charge is 2.17. The first kappa shape index (κ1) is 17.0. The predicted octanol–water partition coefficient (Wildman–Crippen LogP) is 1.02. The Morgan fingerprint density at radius 1 is 1.28 bits per heavy atom.